The van der Waals surface area contributed by atoms with Crippen LogP contribution in [0, 0.1) is 6.92 Å². The maximum Gasteiger partial charge on any atom is 0.244 e. The maximum atomic E-state index is 11.9. The highest BCUT2D eigenvalue weighted by Gasteiger charge is 2.04. The summed E-state index contributed by atoms with van der Waals surface area (Å²) >= 11 is 0. The van der Waals surface area contributed by atoms with Crippen LogP contribution in [0.3, 0.4) is 0 Å². The molecule has 2 N–H and O–H groups in total. The summed E-state index contributed by atoms with van der Waals surface area (Å²) in [7, 11) is 1.86. The monoisotopic (exact) mass is 258 g/mol. The van der Waals surface area contributed by atoms with Crippen molar-refractivity contribution >= 4 is 11.6 Å². The summed E-state index contributed by atoms with van der Waals surface area (Å²) in [6.07, 6.45) is 3.53. The fourth-order valence-electron chi connectivity index (χ4n) is 1.77. The summed E-state index contributed by atoms with van der Waals surface area (Å²) in [6, 6.07) is 7.73. The second-order valence-corrected chi connectivity index (χ2v) is 4.48. The molecular weight excluding hydrogens is 240 g/mol. The Morgan fingerprint density at radius 2 is 2.05 bits per heavy atom. The largest absolute Gasteiger partial charge is 0.328 e. The quantitative estimate of drug-likeness (QED) is 0.855. The summed E-state index contributed by atoms with van der Waals surface area (Å²) in [6.45, 7) is 2.98. The van der Waals surface area contributed by atoms with Gasteiger partial charge in [0.1, 0.15) is 6.54 Å². The summed E-state index contributed by atoms with van der Waals surface area (Å²) in [5.41, 5.74) is 2.90. The Bertz CT molecular complexity index is 545. The molecule has 0 fully saturated rings. The summed E-state index contributed by atoms with van der Waals surface area (Å²) < 4.78 is 1.77. The zero-order valence-electron chi connectivity index (χ0n) is 11.2. The molecule has 0 bridgehead atoms. The first-order valence-corrected chi connectivity index (χ1v) is 6.19. The maximum absolute atomic E-state index is 11.9. The van der Waals surface area contributed by atoms with Crippen LogP contribution in [0.2, 0.25) is 0 Å². The van der Waals surface area contributed by atoms with E-state index in [1.165, 1.54) is 5.56 Å². The van der Waals surface area contributed by atoms with E-state index >= 15 is 0 Å². The van der Waals surface area contributed by atoms with Crippen LogP contribution >= 0.6 is 0 Å². The molecule has 1 aromatic carbocycles. The molecule has 5 heteroatoms. The molecule has 0 aliphatic carbocycles. The predicted molar refractivity (Wildman–Crippen MR) is 74.8 cm³/mol. The fourth-order valence-corrected chi connectivity index (χ4v) is 1.77. The van der Waals surface area contributed by atoms with E-state index in [-0.39, 0.29) is 12.5 Å². The Morgan fingerprint density at radius 1 is 1.32 bits per heavy atom. The van der Waals surface area contributed by atoms with Gasteiger partial charge in [-0.3, -0.25) is 4.79 Å². The minimum atomic E-state index is -0.0581. The number of benzene rings is 1. The second-order valence-electron chi connectivity index (χ2n) is 4.48. The van der Waals surface area contributed by atoms with Gasteiger partial charge >= 0.3 is 0 Å². The van der Waals surface area contributed by atoms with Crippen LogP contribution < -0.4 is 10.6 Å². The molecule has 0 radical (unpaired) electrons. The molecule has 0 atom stereocenters. The zero-order valence-corrected chi connectivity index (χ0v) is 11.2. The van der Waals surface area contributed by atoms with Crippen LogP contribution in [0.1, 0.15) is 11.3 Å². The van der Waals surface area contributed by atoms with Crippen LogP contribution in [0.15, 0.2) is 36.8 Å². The molecule has 0 saturated carbocycles. The number of rotatable bonds is 5. The van der Waals surface area contributed by atoms with Gasteiger partial charge in [0.25, 0.3) is 0 Å². The summed E-state index contributed by atoms with van der Waals surface area (Å²) in [4.78, 5) is 16.1. The van der Waals surface area contributed by atoms with Crippen molar-refractivity contribution in [3.05, 3.63) is 48.0 Å². The van der Waals surface area contributed by atoms with Crippen molar-refractivity contribution in [2.75, 3.05) is 12.4 Å². The highest BCUT2D eigenvalue weighted by atomic mass is 16.1. The van der Waals surface area contributed by atoms with Gasteiger partial charge in [-0.15, -0.1) is 0 Å². The number of amides is 1. The number of carbonyl (C=O) groups excluding carboxylic acids is 1. The van der Waals surface area contributed by atoms with E-state index in [0.717, 1.165) is 11.4 Å². The van der Waals surface area contributed by atoms with Gasteiger partial charge in [0.15, 0.2) is 0 Å². The van der Waals surface area contributed by atoms with Crippen molar-refractivity contribution in [2.24, 2.45) is 0 Å². The molecule has 0 unspecified atom stereocenters. The van der Waals surface area contributed by atoms with Crippen molar-refractivity contribution in [2.45, 2.75) is 20.0 Å². The zero-order chi connectivity index (χ0) is 13.7. The Morgan fingerprint density at radius 3 is 2.74 bits per heavy atom. The van der Waals surface area contributed by atoms with E-state index in [1.54, 1.807) is 10.9 Å². The van der Waals surface area contributed by atoms with Gasteiger partial charge < -0.3 is 15.2 Å². The highest BCUT2D eigenvalue weighted by molar-refractivity contribution is 5.90. The third kappa shape index (κ3) is 3.93. The first-order chi connectivity index (χ1) is 9.17. The van der Waals surface area contributed by atoms with Crippen molar-refractivity contribution < 1.29 is 4.79 Å². The van der Waals surface area contributed by atoms with Gasteiger partial charge in [-0.05, 0) is 26.1 Å². The highest BCUT2D eigenvalue weighted by Crippen LogP contribution is 2.08. The van der Waals surface area contributed by atoms with E-state index in [2.05, 4.69) is 15.6 Å². The number of anilines is 1. The van der Waals surface area contributed by atoms with E-state index in [4.69, 9.17) is 0 Å². The smallest absolute Gasteiger partial charge is 0.244 e. The number of hydrogen-bond donors (Lipinski definition) is 2. The van der Waals surface area contributed by atoms with Crippen molar-refractivity contribution in [1.82, 2.24) is 14.9 Å². The van der Waals surface area contributed by atoms with E-state index in [9.17, 15) is 4.79 Å². The van der Waals surface area contributed by atoms with E-state index in [1.807, 2.05) is 44.4 Å². The molecule has 2 rings (SSSR count). The third-order valence-corrected chi connectivity index (χ3v) is 2.71. The molecule has 1 heterocycles. The average Bonchev–Trinajstić information content (AvgIpc) is 2.80. The minimum Gasteiger partial charge on any atom is -0.328 e. The molecular formula is C14H18N4O. The number of hydrogen-bond acceptors (Lipinski definition) is 3. The van der Waals surface area contributed by atoms with Crippen LogP contribution in [0.5, 0.6) is 0 Å². The number of nitrogens with zero attached hydrogens (tertiary/aromatic N) is 2. The third-order valence-electron chi connectivity index (χ3n) is 2.71. The van der Waals surface area contributed by atoms with Crippen LogP contribution in [0.4, 0.5) is 5.69 Å². The van der Waals surface area contributed by atoms with Gasteiger partial charge in [0, 0.05) is 18.4 Å². The van der Waals surface area contributed by atoms with E-state index in [0.29, 0.717) is 6.54 Å². The Hall–Kier alpha value is -2.14. The Balaban J connectivity index is 1.91. The van der Waals surface area contributed by atoms with Gasteiger partial charge in [-0.25, -0.2) is 4.98 Å². The van der Waals surface area contributed by atoms with Gasteiger partial charge in [-0.1, -0.05) is 17.7 Å². The molecule has 2 aromatic rings. The molecule has 5 nitrogen and oxygen atoms in total. The number of nitrogens with one attached hydrogen (secondary N) is 2. The van der Waals surface area contributed by atoms with Crippen molar-refractivity contribution in [3.63, 3.8) is 0 Å². The summed E-state index contributed by atoms with van der Waals surface area (Å²) in [5, 5.41) is 5.88. The first-order valence-electron chi connectivity index (χ1n) is 6.19. The van der Waals surface area contributed by atoms with E-state index < -0.39 is 0 Å². The molecule has 1 aromatic heterocycles. The molecule has 0 spiro atoms. The fraction of sp³-hybridized carbons (Fsp3) is 0.286. The van der Waals surface area contributed by atoms with Gasteiger partial charge in [0.05, 0.1) is 12.0 Å². The molecule has 0 aliphatic rings. The molecule has 100 valence electrons. The lowest BCUT2D eigenvalue weighted by molar-refractivity contribution is -0.116. The van der Waals surface area contributed by atoms with Crippen LogP contribution in [0.25, 0.3) is 0 Å². The Kier molecular flexibility index (Phi) is 4.30. The second kappa shape index (κ2) is 6.15. The van der Waals surface area contributed by atoms with Gasteiger partial charge in [0.2, 0.25) is 5.91 Å². The van der Waals surface area contributed by atoms with Crippen molar-refractivity contribution in [3.8, 4) is 0 Å². The standard InChI is InChI=1S/C14H18N4O/c1-11-3-5-12(6-4-11)17-14(19)9-18-8-13(7-15-2)16-10-18/h3-6,8,10,15H,7,9H2,1-2H3,(H,17,19). The summed E-state index contributed by atoms with van der Waals surface area (Å²) in [5.74, 6) is -0.0581. The number of aryl methyl sites for hydroxylation is 1. The number of imidazole rings is 1. The SMILES string of the molecule is CNCc1cn(CC(=O)Nc2ccc(C)cc2)cn1. The van der Waals surface area contributed by atoms with Crippen LogP contribution in [-0.2, 0) is 17.9 Å². The molecule has 1 amide bonds. The number of aromatic nitrogens is 2. The lowest BCUT2D eigenvalue weighted by Crippen LogP contribution is -2.17. The molecule has 0 aliphatic heterocycles. The molecule has 19 heavy (non-hydrogen) atoms. The first kappa shape index (κ1) is 13.3. The molecule has 0 saturated heterocycles. The number of carbonyl (C=O) groups is 1. The van der Waals surface area contributed by atoms with Crippen LogP contribution in [-0.4, -0.2) is 22.5 Å². The Labute approximate surface area is 112 Å². The van der Waals surface area contributed by atoms with Gasteiger partial charge in [-0.2, -0.15) is 0 Å². The van der Waals surface area contributed by atoms with Crippen molar-refractivity contribution in [1.29, 1.82) is 0 Å². The lowest BCUT2D eigenvalue weighted by Gasteiger charge is -2.05. The lowest BCUT2D eigenvalue weighted by atomic mass is 10.2. The minimum absolute atomic E-state index is 0.0581. The average molecular weight is 258 g/mol. The predicted octanol–water partition coefficient (Wildman–Crippen LogP) is 1.55. The normalized spacial score (nSPS) is 10.4. The topological polar surface area (TPSA) is 59.0 Å².